The molecule has 0 amide bonds. The van der Waals surface area contributed by atoms with E-state index in [1.54, 1.807) is 0 Å². The van der Waals surface area contributed by atoms with Crippen LogP contribution in [0.15, 0.2) is 28.7 Å². The van der Waals surface area contributed by atoms with Crippen molar-refractivity contribution in [2.24, 2.45) is 5.92 Å². The van der Waals surface area contributed by atoms with Crippen molar-refractivity contribution in [3.05, 3.63) is 34.4 Å². The van der Waals surface area contributed by atoms with Crippen LogP contribution in [0.1, 0.15) is 31.4 Å². The molecule has 1 unspecified atom stereocenters. The predicted octanol–water partition coefficient (Wildman–Crippen LogP) is 4.47. The number of carbonyl (C=O) groups excluding carboxylic acids is 1. The molecule has 100 valence electrons. The van der Waals surface area contributed by atoms with Gasteiger partial charge in [-0.3, -0.25) is 4.79 Å². The van der Waals surface area contributed by atoms with E-state index in [1.165, 1.54) is 21.1 Å². The van der Waals surface area contributed by atoms with Gasteiger partial charge in [-0.25, -0.2) is 0 Å². The van der Waals surface area contributed by atoms with Crippen LogP contribution in [-0.2, 0) is 11.3 Å². The first-order chi connectivity index (χ1) is 9.18. The van der Waals surface area contributed by atoms with Gasteiger partial charge in [0.1, 0.15) is 5.78 Å². The Balaban J connectivity index is 1.88. The first-order valence-corrected chi connectivity index (χ1v) is 7.74. The van der Waals surface area contributed by atoms with Crippen LogP contribution < -0.4 is 0 Å². The molecule has 1 fully saturated rings. The Morgan fingerprint density at radius 1 is 1.37 bits per heavy atom. The molecular weight excluding hydrogens is 302 g/mol. The van der Waals surface area contributed by atoms with Crippen molar-refractivity contribution in [3.8, 4) is 0 Å². The van der Waals surface area contributed by atoms with Gasteiger partial charge in [-0.05, 0) is 48.2 Å². The lowest BCUT2D eigenvalue weighted by atomic mass is 10.0. The van der Waals surface area contributed by atoms with E-state index in [0.717, 1.165) is 32.2 Å². The van der Waals surface area contributed by atoms with Gasteiger partial charge in [-0.2, -0.15) is 0 Å². The summed E-state index contributed by atoms with van der Waals surface area (Å²) < 4.78 is 3.52. The average molecular weight is 320 g/mol. The number of halogens is 1. The van der Waals surface area contributed by atoms with E-state index in [1.807, 2.05) is 0 Å². The minimum absolute atomic E-state index is 0.291. The van der Waals surface area contributed by atoms with Crippen LogP contribution in [0, 0.1) is 12.8 Å². The molecule has 1 aromatic heterocycles. The van der Waals surface area contributed by atoms with Gasteiger partial charge < -0.3 is 4.57 Å². The summed E-state index contributed by atoms with van der Waals surface area (Å²) in [6.07, 6.45) is 3.93. The Kier molecular flexibility index (Phi) is 3.48. The van der Waals surface area contributed by atoms with E-state index in [4.69, 9.17) is 0 Å². The Hall–Kier alpha value is -1.09. The third kappa shape index (κ3) is 2.25. The van der Waals surface area contributed by atoms with Gasteiger partial charge in [-0.1, -0.05) is 18.2 Å². The quantitative estimate of drug-likeness (QED) is 0.818. The second kappa shape index (κ2) is 5.12. The molecule has 1 aliphatic carbocycles. The smallest absolute Gasteiger partial charge is 0.136 e. The summed E-state index contributed by atoms with van der Waals surface area (Å²) in [7, 11) is 0. The molecule has 0 bridgehead atoms. The normalized spacial score (nSPS) is 19.5. The summed E-state index contributed by atoms with van der Waals surface area (Å²) >= 11 is 3.68. The first kappa shape index (κ1) is 12.9. The Morgan fingerprint density at radius 3 is 2.89 bits per heavy atom. The number of para-hydroxylation sites is 1. The molecule has 3 rings (SSSR count). The van der Waals surface area contributed by atoms with Crippen molar-refractivity contribution >= 4 is 32.6 Å². The lowest BCUT2D eigenvalue weighted by Crippen LogP contribution is -2.11. The van der Waals surface area contributed by atoms with Gasteiger partial charge in [0.25, 0.3) is 0 Å². The van der Waals surface area contributed by atoms with Crippen molar-refractivity contribution < 1.29 is 4.79 Å². The monoisotopic (exact) mass is 319 g/mol. The van der Waals surface area contributed by atoms with E-state index >= 15 is 0 Å². The summed E-state index contributed by atoms with van der Waals surface area (Å²) in [6.45, 7) is 3.08. The third-order valence-electron chi connectivity index (χ3n) is 4.29. The number of carbonyl (C=O) groups is 1. The van der Waals surface area contributed by atoms with E-state index < -0.39 is 0 Å². The molecule has 2 aromatic rings. The van der Waals surface area contributed by atoms with Gasteiger partial charge in [-0.15, -0.1) is 0 Å². The van der Waals surface area contributed by atoms with Gasteiger partial charge in [0, 0.05) is 40.0 Å². The maximum absolute atomic E-state index is 11.7. The largest absolute Gasteiger partial charge is 0.344 e. The SMILES string of the molecule is Cc1c(Br)c2ccccc2n1CCC1CCCC1=O. The number of hydrogen-bond donors (Lipinski definition) is 0. The van der Waals surface area contributed by atoms with Gasteiger partial charge in [0.05, 0.1) is 0 Å². The van der Waals surface area contributed by atoms with Crippen molar-refractivity contribution in [2.75, 3.05) is 0 Å². The van der Waals surface area contributed by atoms with Crippen LogP contribution in [0.4, 0.5) is 0 Å². The number of hydrogen-bond acceptors (Lipinski definition) is 1. The number of aromatic nitrogens is 1. The second-order valence-corrected chi connectivity index (χ2v) is 6.21. The molecule has 0 spiro atoms. The lowest BCUT2D eigenvalue weighted by Gasteiger charge is -2.11. The zero-order valence-corrected chi connectivity index (χ0v) is 12.7. The lowest BCUT2D eigenvalue weighted by molar-refractivity contribution is -0.120. The molecule has 0 N–H and O–H groups in total. The minimum Gasteiger partial charge on any atom is -0.344 e. The van der Waals surface area contributed by atoms with E-state index in [0.29, 0.717) is 11.7 Å². The zero-order chi connectivity index (χ0) is 13.4. The van der Waals surface area contributed by atoms with Crippen LogP contribution in [0.25, 0.3) is 10.9 Å². The van der Waals surface area contributed by atoms with Crippen LogP contribution in [0.3, 0.4) is 0 Å². The molecule has 19 heavy (non-hydrogen) atoms. The first-order valence-electron chi connectivity index (χ1n) is 6.94. The van der Waals surface area contributed by atoms with Gasteiger partial charge >= 0.3 is 0 Å². The van der Waals surface area contributed by atoms with Gasteiger partial charge in [0.15, 0.2) is 0 Å². The Labute approximate surface area is 121 Å². The van der Waals surface area contributed by atoms with Crippen LogP contribution in [0.2, 0.25) is 0 Å². The molecule has 1 heterocycles. The maximum atomic E-state index is 11.7. The highest BCUT2D eigenvalue weighted by molar-refractivity contribution is 9.10. The summed E-state index contributed by atoms with van der Waals surface area (Å²) in [6, 6.07) is 8.44. The van der Waals surface area contributed by atoms with E-state index in [9.17, 15) is 4.79 Å². The third-order valence-corrected chi connectivity index (χ3v) is 5.29. The molecule has 3 heteroatoms. The van der Waals surface area contributed by atoms with Crippen LogP contribution in [0.5, 0.6) is 0 Å². The zero-order valence-electron chi connectivity index (χ0n) is 11.2. The Morgan fingerprint density at radius 2 is 2.16 bits per heavy atom. The van der Waals surface area contributed by atoms with Crippen molar-refractivity contribution in [1.29, 1.82) is 0 Å². The highest BCUT2D eigenvalue weighted by Gasteiger charge is 2.24. The highest BCUT2D eigenvalue weighted by atomic mass is 79.9. The summed E-state index contributed by atoms with van der Waals surface area (Å²) in [5, 5.41) is 1.26. The fourth-order valence-corrected chi connectivity index (χ4v) is 3.70. The van der Waals surface area contributed by atoms with Crippen molar-refractivity contribution in [3.63, 3.8) is 0 Å². The van der Waals surface area contributed by atoms with Gasteiger partial charge in [0.2, 0.25) is 0 Å². The number of nitrogens with zero attached hydrogens (tertiary/aromatic N) is 1. The van der Waals surface area contributed by atoms with Crippen molar-refractivity contribution in [2.45, 2.75) is 39.2 Å². The van der Waals surface area contributed by atoms with Crippen LogP contribution in [-0.4, -0.2) is 10.4 Å². The van der Waals surface area contributed by atoms with E-state index in [-0.39, 0.29) is 0 Å². The fraction of sp³-hybridized carbons (Fsp3) is 0.438. The number of fused-ring (bicyclic) bond motifs is 1. The van der Waals surface area contributed by atoms with Crippen LogP contribution >= 0.6 is 15.9 Å². The molecule has 1 aromatic carbocycles. The number of aryl methyl sites for hydroxylation is 1. The Bertz CT molecular complexity index is 629. The summed E-state index contributed by atoms with van der Waals surface area (Å²) in [4.78, 5) is 11.7. The minimum atomic E-state index is 0.291. The number of ketones is 1. The predicted molar refractivity (Wildman–Crippen MR) is 81.3 cm³/mol. The number of benzene rings is 1. The van der Waals surface area contributed by atoms with Crippen molar-refractivity contribution in [1.82, 2.24) is 4.57 Å². The summed E-state index contributed by atoms with van der Waals surface area (Å²) in [5.74, 6) is 0.757. The molecule has 1 saturated carbocycles. The molecule has 2 nitrogen and oxygen atoms in total. The molecule has 1 atom stereocenters. The molecule has 1 aliphatic rings. The average Bonchev–Trinajstić information content (AvgIpc) is 2.93. The highest BCUT2D eigenvalue weighted by Crippen LogP contribution is 2.32. The fourth-order valence-electron chi connectivity index (χ4n) is 3.15. The maximum Gasteiger partial charge on any atom is 0.136 e. The number of rotatable bonds is 3. The topological polar surface area (TPSA) is 22.0 Å². The standard InChI is InChI=1S/C16H18BrNO/c1-11-16(17)13-6-2-3-7-14(13)18(11)10-9-12-5-4-8-15(12)19/h2-3,6-7,12H,4-5,8-10H2,1H3. The number of Topliss-reactive ketones (excluding diaryl/α,β-unsaturated/α-hetero) is 1. The molecule has 0 aliphatic heterocycles. The molecule has 0 radical (unpaired) electrons. The molecule has 0 saturated heterocycles. The summed E-state index contributed by atoms with van der Waals surface area (Å²) in [5.41, 5.74) is 2.52. The molecular formula is C16H18BrNO. The second-order valence-electron chi connectivity index (χ2n) is 5.41. The van der Waals surface area contributed by atoms with E-state index in [2.05, 4.69) is 51.7 Å².